The largest absolute Gasteiger partial charge is 0.477 e. The van der Waals surface area contributed by atoms with Crippen molar-refractivity contribution in [1.82, 2.24) is 0 Å². The van der Waals surface area contributed by atoms with E-state index in [0.29, 0.717) is 6.42 Å². The lowest BCUT2D eigenvalue weighted by atomic mass is 9.93. The van der Waals surface area contributed by atoms with Gasteiger partial charge in [0.15, 0.2) is 18.1 Å². The van der Waals surface area contributed by atoms with Crippen molar-refractivity contribution in [3.63, 3.8) is 0 Å². The van der Waals surface area contributed by atoms with Gasteiger partial charge >= 0.3 is 17.9 Å². The van der Waals surface area contributed by atoms with Gasteiger partial charge < -0.3 is 15.3 Å². The summed E-state index contributed by atoms with van der Waals surface area (Å²) in [5.41, 5.74) is 0. The summed E-state index contributed by atoms with van der Waals surface area (Å²) in [4.78, 5) is 36.7. The van der Waals surface area contributed by atoms with Crippen molar-refractivity contribution in [1.29, 1.82) is 0 Å². The molecule has 0 saturated heterocycles. The molecule has 0 aliphatic carbocycles. The van der Waals surface area contributed by atoms with Crippen LogP contribution < -0.4 is 0 Å². The number of aliphatic carboxylic acids is 3. The van der Waals surface area contributed by atoms with E-state index in [1.54, 1.807) is 20.8 Å². The van der Waals surface area contributed by atoms with Gasteiger partial charge in [0.05, 0.1) is 6.54 Å². The fraction of sp³-hybridized carbons (Fsp3) is 0.833. The van der Waals surface area contributed by atoms with Gasteiger partial charge in [0.2, 0.25) is 0 Å². The van der Waals surface area contributed by atoms with Gasteiger partial charge in [-0.25, -0.2) is 14.4 Å². The number of quaternary nitrogens is 1. The first-order valence-corrected chi connectivity index (χ1v) is 14.9. The standard InChI is InChI=1S/C30H55NO6/c1-5-9-10-11-12-13-14-15-16-17-18-19-20-21-22-23-24-31(25(6-2)28(32)33,26(7-3)29(34)35)27(8-4)30(36)37/h10-11,25-27H,5-9,12-24H2,1-4H3,(H2-,32,33,34,35,36,37)/p+1/b11-10+. The van der Waals surface area contributed by atoms with Crippen LogP contribution in [-0.4, -0.2) is 62.4 Å². The third-order valence-corrected chi connectivity index (χ3v) is 7.79. The van der Waals surface area contributed by atoms with Gasteiger partial charge in [-0.05, 0) is 32.1 Å². The number of hydrogen-bond acceptors (Lipinski definition) is 3. The molecule has 216 valence electrons. The van der Waals surface area contributed by atoms with E-state index in [4.69, 9.17) is 0 Å². The van der Waals surface area contributed by atoms with E-state index in [-0.39, 0.29) is 25.8 Å². The maximum atomic E-state index is 12.2. The maximum Gasteiger partial charge on any atom is 0.362 e. The molecule has 0 saturated carbocycles. The minimum Gasteiger partial charge on any atom is -0.477 e. The van der Waals surface area contributed by atoms with E-state index >= 15 is 0 Å². The van der Waals surface area contributed by atoms with Gasteiger partial charge in [-0.3, -0.25) is 4.48 Å². The molecular weight excluding hydrogens is 470 g/mol. The van der Waals surface area contributed by atoms with Crippen molar-refractivity contribution < 1.29 is 34.2 Å². The summed E-state index contributed by atoms with van der Waals surface area (Å²) in [6.45, 7) is 7.58. The molecule has 0 radical (unpaired) electrons. The van der Waals surface area contributed by atoms with Crippen molar-refractivity contribution in [3.8, 4) is 0 Å². The van der Waals surface area contributed by atoms with Crippen molar-refractivity contribution in [3.05, 3.63) is 12.2 Å². The molecule has 0 heterocycles. The Labute approximate surface area is 225 Å². The van der Waals surface area contributed by atoms with Crippen molar-refractivity contribution >= 4 is 17.9 Å². The molecule has 3 N–H and O–H groups in total. The molecule has 0 aliphatic rings. The Morgan fingerprint density at radius 2 is 0.865 bits per heavy atom. The Bertz CT molecular complexity index is 607. The van der Waals surface area contributed by atoms with Crippen LogP contribution in [-0.2, 0) is 14.4 Å². The molecule has 3 unspecified atom stereocenters. The van der Waals surface area contributed by atoms with Crippen LogP contribution in [0, 0.1) is 0 Å². The highest BCUT2D eigenvalue weighted by Crippen LogP contribution is 2.32. The van der Waals surface area contributed by atoms with Crippen LogP contribution in [0.2, 0.25) is 0 Å². The first kappa shape index (κ1) is 35.1. The van der Waals surface area contributed by atoms with Gasteiger partial charge in [-0.1, -0.05) is 97.6 Å². The van der Waals surface area contributed by atoms with Crippen LogP contribution in [0.4, 0.5) is 0 Å². The fourth-order valence-corrected chi connectivity index (χ4v) is 5.92. The molecule has 37 heavy (non-hydrogen) atoms. The SMILES string of the molecule is CCC/C=C/CCCCCCCCCCCCC[N+](C(CC)C(=O)O)(C(CC)C(=O)O)C(CC)C(=O)O. The number of nitrogens with zero attached hydrogens (tertiary/aromatic N) is 1. The average Bonchev–Trinajstić information content (AvgIpc) is 2.84. The summed E-state index contributed by atoms with van der Waals surface area (Å²) >= 11 is 0. The highest BCUT2D eigenvalue weighted by atomic mass is 16.4. The van der Waals surface area contributed by atoms with Crippen LogP contribution in [0.1, 0.15) is 137 Å². The maximum absolute atomic E-state index is 12.2. The molecular formula is C30H56NO6+. The third-order valence-electron chi connectivity index (χ3n) is 7.79. The third kappa shape index (κ3) is 12.5. The predicted octanol–water partition coefficient (Wildman–Crippen LogP) is 7.43. The molecule has 0 aromatic carbocycles. The van der Waals surface area contributed by atoms with Crippen LogP contribution >= 0.6 is 0 Å². The van der Waals surface area contributed by atoms with E-state index in [1.807, 2.05) is 0 Å². The van der Waals surface area contributed by atoms with Crippen molar-refractivity contribution in [2.75, 3.05) is 6.54 Å². The molecule has 0 rings (SSSR count). The normalized spacial score (nSPS) is 15.8. The number of hydrogen-bond donors (Lipinski definition) is 3. The smallest absolute Gasteiger partial charge is 0.362 e. The summed E-state index contributed by atoms with van der Waals surface area (Å²) in [5.74, 6) is -3.35. The predicted molar refractivity (Wildman–Crippen MR) is 150 cm³/mol. The van der Waals surface area contributed by atoms with E-state index in [1.165, 1.54) is 64.2 Å². The Morgan fingerprint density at radius 3 is 1.19 bits per heavy atom. The van der Waals surface area contributed by atoms with E-state index in [0.717, 1.165) is 19.3 Å². The van der Waals surface area contributed by atoms with Crippen LogP contribution in [0.5, 0.6) is 0 Å². The zero-order valence-corrected chi connectivity index (χ0v) is 24.1. The Hall–Kier alpha value is -1.89. The summed E-state index contributed by atoms with van der Waals surface area (Å²) in [5, 5.41) is 30.0. The van der Waals surface area contributed by atoms with Crippen molar-refractivity contribution in [2.45, 2.75) is 155 Å². The minimum atomic E-state index is -1.12. The topological polar surface area (TPSA) is 112 Å². The van der Waals surface area contributed by atoms with Gasteiger partial charge in [0.1, 0.15) is 0 Å². The average molecular weight is 527 g/mol. The van der Waals surface area contributed by atoms with E-state index < -0.39 is 40.5 Å². The number of rotatable bonds is 25. The molecule has 7 nitrogen and oxygen atoms in total. The molecule has 0 aromatic rings. The Kier molecular flexibility index (Phi) is 20.0. The van der Waals surface area contributed by atoms with Crippen LogP contribution in [0.15, 0.2) is 12.2 Å². The number of carboxylic acids is 3. The first-order chi connectivity index (χ1) is 17.7. The molecule has 0 aromatic heterocycles. The zero-order chi connectivity index (χ0) is 28.1. The quantitative estimate of drug-likeness (QED) is 0.0648. The summed E-state index contributed by atoms with van der Waals surface area (Å²) < 4.78 is -0.405. The Balaban J connectivity index is 4.74. The number of carbonyl (C=O) groups is 3. The highest BCUT2D eigenvalue weighted by molar-refractivity contribution is 5.78. The lowest BCUT2D eigenvalue weighted by Gasteiger charge is -2.49. The minimum absolute atomic E-state index is 0.193. The second kappa shape index (κ2) is 21.1. The van der Waals surface area contributed by atoms with Gasteiger partial charge in [0.25, 0.3) is 0 Å². The van der Waals surface area contributed by atoms with Gasteiger partial charge in [-0.2, -0.15) is 0 Å². The highest BCUT2D eigenvalue weighted by Gasteiger charge is 2.55. The molecule has 0 fully saturated rings. The van der Waals surface area contributed by atoms with E-state index in [9.17, 15) is 29.7 Å². The summed E-state index contributed by atoms with van der Waals surface area (Å²) in [7, 11) is 0. The molecule has 0 amide bonds. The number of allylic oxidation sites excluding steroid dienone is 2. The van der Waals surface area contributed by atoms with E-state index in [2.05, 4.69) is 19.1 Å². The summed E-state index contributed by atoms with van der Waals surface area (Å²) in [6.07, 6.45) is 21.2. The van der Waals surface area contributed by atoms with Gasteiger partial charge in [-0.15, -0.1) is 0 Å². The monoisotopic (exact) mass is 526 g/mol. The second-order valence-electron chi connectivity index (χ2n) is 10.4. The van der Waals surface area contributed by atoms with Crippen LogP contribution in [0.25, 0.3) is 0 Å². The first-order valence-electron chi connectivity index (χ1n) is 14.9. The fourth-order valence-electron chi connectivity index (χ4n) is 5.92. The van der Waals surface area contributed by atoms with Gasteiger partial charge in [0, 0.05) is 19.3 Å². The molecule has 3 atom stereocenters. The lowest BCUT2D eigenvalue weighted by molar-refractivity contribution is -0.973. The molecule has 0 bridgehead atoms. The number of unbranched alkanes of at least 4 members (excludes halogenated alkanes) is 12. The molecule has 0 spiro atoms. The number of carboxylic acid groups (broad SMARTS) is 3. The Morgan fingerprint density at radius 1 is 0.541 bits per heavy atom. The summed E-state index contributed by atoms with van der Waals surface area (Å²) in [6, 6.07) is -3.18. The van der Waals surface area contributed by atoms with Crippen molar-refractivity contribution in [2.24, 2.45) is 0 Å². The van der Waals surface area contributed by atoms with Crippen LogP contribution in [0.3, 0.4) is 0 Å². The molecule has 0 aliphatic heterocycles. The molecule has 7 heteroatoms. The lowest BCUT2D eigenvalue weighted by Crippen LogP contribution is -2.72. The second-order valence-corrected chi connectivity index (χ2v) is 10.4. The zero-order valence-electron chi connectivity index (χ0n) is 24.1.